The highest BCUT2D eigenvalue weighted by Gasteiger charge is 2.39. The van der Waals surface area contributed by atoms with Crippen molar-refractivity contribution in [3.8, 4) is 11.4 Å². The van der Waals surface area contributed by atoms with Crippen LogP contribution in [0.1, 0.15) is 35.0 Å². The van der Waals surface area contributed by atoms with Crippen LogP contribution in [-0.4, -0.2) is 90.1 Å². The Morgan fingerprint density at radius 2 is 1.85 bits per heavy atom. The van der Waals surface area contributed by atoms with E-state index in [1.807, 2.05) is 4.90 Å². The average Bonchev–Trinajstić information content (AvgIpc) is 3.68. The topological polar surface area (TPSA) is 172 Å². The van der Waals surface area contributed by atoms with Crippen LogP contribution in [0.25, 0.3) is 11.4 Å². The highest BCUT2D eigenvalue weighted by molar-refractivity contribution is 8.25. The van der Waals surface area contributed by atoms with E-state index in [0.717, 1.165) is 5.56 Å². The van der Waals surface area contributed by atoms with Crippen molar-refractivity contribution in [1.29, 1.82) is 0 Å². The van der Waals surface area contributed by atoms with Crippen LogP contribution in [0.15, 0.2) is 47.0 Å². The molecule has 2 aromatic carbocycles. The first-order chi connectivity index (χ1) is 21.3. The summed E-state index contributed by atoms with van der Waals surface area (Å²) < 4.78 is 97.6. The molecular formula is C27H29F6N5O7S. The molecule has 5 rings (SSSR count). The van der Waals surface area contributed by atoms with E-state index in [-0.39, 0.29) is 23.9 Å². The summed E-state index contributed by atoms with van der Waals surface area (Å²) in [6.07, 6.45) is -9.67. The number of aliphatic hydroxyl groups excluding tert-OH is 1. The Bertz CT molecular complexity index is 1570. The van der Waals surface area contributed by atoms with Gasteiger partial charge in [0.05, 0.1) is 30.0 Å². The van der Waals surface area contributed by atoms with Crippen molar-refractivity contribution in [2.75, 3.05) is 31.4 Å². The van der Waals surface area contributed by atoms with E-state index in [0.29, 0.717) is 48.4 Å². The molecule has 46 heavy (non-hydrogen) atoms. The summed E-state index contributed by atoms with van der Waals surface area (Å²) in [6, 6.07) is 11.4. The molecule has 0 saturated carbocycles. The third-order valence-corrected chi connectivity index (χ3v) is 8.40. The second kappa shape index (κ2) is 13.4. The number of aliphatic carboxylic acids is 1. The van der Waals surface area contributed by atoms with Gasteiger partial charge in [0.1, 0.15) is 0 Å². The number of aromatic nitrogens is 2. The number of anilines is 1. The summed E-state index contributed by atoms with van der Waals surface area (Å²) in [5.74, 6) is -4.52. The summed E-state index contributed by atoms with van der Waals surface area (Å²) in [7, 11) is -1.26. The zero-order chi connectivity index (χ0) is 34.0. The lowest BCUT2D eigenvalue weighted by molar-refractivity contribution is -0.192. The number of rotatable bonds is 7. The van der Waals surface area contributed by atoms with Crippen LogP contribution in [0.3, 0.4) is 0 Å². The number of nitrogens with zero attached hydrogens (tertiary/aromatic N) is 4. The number of β-amino-alcohol motifs (C(OH)–C–C–N with tert-alkyl or cyclic N) is 1. The maximum Gasteiger partial charge on any atom is 0.490 e. The van der Waals surface area contributed by atoms with Gasteiger partial charge in [0.2, 0.25) is 11.7 Å². The number of nitrogens with one attached hydrogen (secondary N) is 1. The Balaban J connectivity index is 0.000000617. The number of likely N-dealkylation sites (N-methyl/N-ethyl adjacent to an activating group) is 1. The van der Waals surface area contributed by atoms with E-state index in [4.69, 9.17) is 9.90 Å². The molecule has 0 bridgehead atoms. The van der Waals surface area contributed by atoms with Gasteiger partial charge in [-0.3, -0.25) is 23.5 Å². The first kappa shape index (κ1) is 35.0. The minimum Gasteiger partial charge on any atom is -0.475 e. The van der Waals surface area contributed by atoms with Crippen LogP contribution in [0, 0.1) is 0 Å². The van der Waals surface area contributed by atoms with Crippen molar-refractivity contribution >= 4 is 28.3 Å². The van der Waals surface area contributed by atoms with Gasteiger partial charge in [0.15, 0.2) is 0 Å². The fraction of sp³-hybridized carbons (Fsp3) is 0.407. The van der Waals surface area contributed by atoms with Crippen LogP contribution in [0.4, 0.5) is 32.0 Å². The van der Waals surface area contributed by atoms with Gasteiger partial charge in [0.25, 0.3) is 0 Å². The van der Waals surface area contributed by atoms with Gasteiger partial charge in [-0.2, -0.15) is 31.3 Å². The van der Waals surface area contributed by atoms with Crippen molar-refractivity contribution in [2.45, 2.75) is 43.1 Å². The largest absolute Gasteiger partial charge is 0.490 e. The molecule has 252 valence electrons. The number of aliphatic hydroxyl groups is 1. The van der Waals surface area contributed by atoms with Gasteiger partial charge in [-0.1, -0.05) is 35.5 Å². The van der Waals surface area contributed by atoms with E-state index < -0.39 is 47.1 Å². The second-order valence-corrected chi connectivity index (χ2v) is 12.5. The predicted molar refractivity (Wildman–Crippen MR) is 151 cm³/mol. The number of carboxylic acids is 1. The van der Waals surface area contributed by atoms with Crippen LogP contribution < -0.4 is 4.72 Å². The summed E-state index contributed by atoms with van der Waals surface area (Å²) in [4.78, 5) is 29.4. The molecule has 12 nitrogen and oxygen atoms in total. The molecular weight excluding hydrogens is 652 g/mol. The Morgan fingerprint density at radius 1 is 1.15 bits per heavy atom. The number of amides is 1. The Kier molecular flexibility index (Phi) is 10.2. The van der Waals surface area contributed by atoms with E-state index >= 15 is 0 Å². The fourth-order valence-corrected chi connectivity index (χ4v) is 6.17. The fourth-order valence-electron chi connectivity index (χ4n) is 4.87. The molecule has 3 aromatic rings. The molecule has 0 spiro atoms. The molecule has 1 saturated heterocycles. The molecule has 5 N–H and O–H groups in total. The van der Waals surface area contributed by atoms with Crippen molar-refractivity contribution in [2.24, 2.45) is 0 Å². The quantitative estimate of drug-likeness (QED) is 0.217. The third-order valence-electron chi connectivity index (χ3n) is 7.14. The van der Waals surface area contributed by atoms with Gasteiger partial charge < -0.3 is 19.6 Å². The molecule has 2 atom stereocenters. The molecule has 2 aliphatic rings. The normalized spacial score (nSPS) is 19.0. The van der Waals surface area contributed by atoms with Crippen LogP contribution in [0.5, 0.6) is 0 Å². The molecule has 1 fully saturated rings. The summed E-state index contributed by atoms with van der Waals surface area (Å²) >= 11 is 0. The first-order valence-corrected chi connectivity index (χ1v) is 15.2. The smallest absolute Gasteiger partial charge is 0.475 e. The Labute approximate surface area is 259 Å². The molecule has 0 aliphatic carbocycles. The van der Waals surface area contributed by atoms with Gasteiger partial charge in [0, 0.05) is 32.2 Å². The van der Waals surface area contributed by atoms with Gasteiger partial charge in [-0.05, 0) is 35.2 Å². The highest BCUT2D eigenvalue weighted by Crippen LogP contribution is 2.50. The number of hydrogen-bond donors (Lipinski definition) is 5. The number of likely N-dealkylation sites (tertiary alicyclic amines) is 1. The predicted octanol–water partition coefficient (Wildman–Crippen LogP) is 4.79. The lowest BCUT2D eigenvalue weighted by atomic mass is 10.0. The van der Waals surface area contributed by atoms with Crippen molar-refractivity contribution in [1.82, 2.24) is 19.9 Å². The van der Waals surface area contributed by atoms with Crippen molar-refractivity contribution in [3.05, 3.63) is 65.0 Å². The average molecular weight is 682 g/mol. The minimum atomic E-state index is -5.08. The van der Waals surface area contributed by atoms with E-state index in [1.54, 1.807) is 54.4 Å². The standard InChI is InChI=1S/C25H28F3N5O5S.C2HF3O2/c1-32(22(35)10-15-5-6-18-14-39(36,37)31-20(18)9-15)21(13-33-8-7-19(34)12-33)16-3-2-4-17(11-16)23-29-24(38-30-23)25(26,27)28;3-2(4,5)1(6)7/h2-6,9,11,19,21,31,34,36-37H,7-8,10,12-14H2,1H3;(H,6,7)/t19?,21-;/m1./s1. The second-order valence-electron chi connectivity index (χ2n) is 10.7. The number of carbonyl (C=O) groups is 2. The monoisotopic (exact) mass is 681 g/mol. The number of benzene rings is 2. The lowest BCUT2D eigenvalue weighted by Gasteiger charge is -2.32. The van der Waals surface area contributed by atoms with E-state index in [2.05, 4.69) is 19.4 Å². The number of halogens is 6. The summed E-state index contributed by atoms with van der Waals surface area (Å²) in [5, 5.41) is 20.6. The maximum absolute atomic E-state index is 13.4. The van der Waals surface area contributed by atoms with E-state index in [9.17, 15) is 45.3 Å². The molecule has 2 aliphatic heterocycles. The summed E-state index contributed by atoms with van der Waals surface area (Å²) in [6.45, 7) is 1.48. The minimum absolute atomic E-state index is 0.0449. The number of carboxylic acid groups (broad SMARTS) is 1. The Morgan fingerprint density at radius 3 is 2.43 bits per heavy atom. The van der Waals surface area contributed by atoms with Crippen molar-refractivity contribution in [3.63, 3.8) is 0 Å². The highest BCUT2D eigenvalue weighted by atomic mass is 32.3. The van der Waals surface area contributed by atoms with E-state index in [1.165, 1.54) is 0 Å². The first-order valence-electron chi connectivity index (χ1n) is 13.5. The number of carbonyl (C=O) groups excluding carboxylic acids is 1. The van der Waals surface area contributed by atoms with Gasteiger partial charge >= 0.3 is 24.2 Å². The number of hydrogen-bond acceptors (Lipinski definition) is 10. The molecule has 1 amide bonds. The van der Waals surface area contributed by atoms with Crippen molar-refractivity contribution < 1.29 is 59.8 Å². The third kappa shape index (κ3) is 8.87. The van der Waals surface area contributed by atoms with Crippen LogP contribution in [0.2, 0.25) is 0 Å². The Hall–Kier alpha value is -3.91. The van der Waals surface area contributed by atoms with Gasteiger partial charge in [-0.15, -0.1) is 10.8 Å². The molecule has 0 radical (unpaired) electrons. The zero-order valence-corrected chi connectivity index (χ0v) is 24.7. The van der Waals surface area contributed by atoms with Gasteiger partial charge in [-0.25, -0.2) is 4.79 Å². The molecule has 1 aromatic heterocycles. The SMILES string of the molecule is CN(C(=O)Cc1ccc2c(c1)NS(O)(O)C2)[C@H](CN1CCC(O)C1)c1cccc(-c2noc(C(F)(F)F)n2)c1.O=C(O)C(F)(F)F. The molecule has 3 heterocycles. The molecule has 19 heteroatoms. The van der Waals surface area contributed by atoms with Crippen LogP contribution >= 0.6 is 10.8 Å². The molecule has 1 unspecified atom stereocenters. The van der Waals surface area contributed by atoms with Crippen LogP contribution in [-0.2, 0) is 27.9 Å². The number of alkyl halides is 6. The zero-order valence-electron chi connectivity index (χ0n) is 23.9. The lowest BCUT2D eigenvalue weighted by Crippen LogP contribution is -2.39. The maximum atomic E-state index is 13.4. The summed E-state index contributed by atoms with van der Waals surface area (Å²) in [5.41, 5.74) is 3.00. The number of fused-ring (bicyclic) bond motifs is 1.